The topological polar surface area (TPSA) is 81.2 Å². The molecule has 1 N–H and O–H groups in total. The number of rotatable bonds is 5. The van der Waals surface area contributed by atoms with Crippen molar-refractivity contribution in [1.82, 2.24) is 10.3 Å². The Balaban J connectivity index is 1.68. The Hall–Kier alpha value is -2.73. The Morgan fingerprint density at radius 3 is 2.81 bits per heavy atom. The van der Waals surface area contributed by atoms with Crippen LogP contribution >= 0.6 is 0 Å². The number of nitrogens with zero attached hydrogens (tertiary/aromatic N) is 2. The van der Waals surface area contributed by atoms with E-state index in [0.29, 0.717) is 18.8 Å². The molecule has 0 saturated carbocycles. The van der Waals surface area contributed by atoms with E-state index in [1.54, 1.807) is 12.3 Å². The average Bonchev–Trinajstić information content (AvgIpc) is 2.97. The highest BCUT2D eigenvalue weighted by Gasteiger charge is 2.11. The van der Waals surface area contributed by atoms with Crippen LogP contribution in [0.2, 0.25) is 0 Å². The van der Waals surface area contributed by atoms with Crippen LogP contribution in [0.5, 0.6) is 0 Å². The molecule has 0 aliphatic rings. The van der Waals surface area contributed by atoms with Gasteiger partial charge in [0.2, 0.25) is 0 Å². The van der Waals surface area contributed by atoms with E-state index in [2.05, 4.69) is 10.3 Å². The fourth-order valence-corrected chi connectivity index (χ4v) is 2.19. The monoisotopic (exact) mass is 283 g/mol. The maximum Gasteiger partial charge on any atom is 0.433 e. The zero-order chi connectivity index (χ0) is 14.7. The summed E-state index contributed by atoms with van der Waals surface area (Å²) in [6.07, 6.45) is 1.77. The summed E-state index contributed by atoms with van der Waals surface area (Å²) < 4.78 is 5.09. The number of benzene rings is 1. The average molecular weight is 283 g/mol. The molecule has 6 heteroatoms. The van der Waals surface area contributed by atoms with Crippen LogP contribution in [0.4, 0.5) is 5.88 Å². The molecule has 0 fully saturated rings. The van der Waals surface area contributed by atoms with E-state index in [4.69, 9.17) is 4.42 Å². The lowest BCUT2D eigenvalue weighted by molar-refractivity contribution is -0.402. The minimum atomic E-state index is -0.544. The molecule has 2 aromatic heterocycles. The van der Waals surface area contributed by atoms with Crippen molar-refractivity contribution in [3.05, 3.63) is 70.1 Å². The van der Waals surface area contributed by atoms with E-state index >= 15 is 0 Å². The first kappa shape index (κ1) is 13.3. The summed E-state index contributed by atoms with van der Waals surface area (Å²) in [6, 6.07) is 12.9. The third kappa shape index (κ3) is 2.90. The van der Waals surface area contributed by atoms with Crippen molar-refractivity contribution in [1.29, 1.82) is 0 Å². The molecule has 0 unspecified atom stereocenters. The van der Waals surface area contributed by atoms with Gasteiger partial charge in [-0.2, -0.15) is 0 Å². The molecule has 0 saturated heterocycles. The fraction of sp³-hybridized carbons (Fsp3) is 0.133. The molecule has 0 amide bonds. The van der Waals surface area contributed by atoms with Crippen LogP contribution in [-0.4, -0.2) is 9.91 Å². The fourth-order valence-electron chi connectivity index (χ4n) is 2.19. The predicted molar refractivity (Wildman–Crippen MR) is 77.6 cm³/mol. The lowest BCUT2D eigenvalue weighted by Gasteiger charge is -2.06. The van der Waals surface area contributed by atoms with Gasteiger partial charge in [0, 0.05) is 18.1 Å². The van der Waals surface area contributed by atoms with Crippen LogP contribution < -0.4 is 5.32 Å². The summed E-state index contributed by atoms with van der Waals surface area (Å²) in [5.41, 5.74) is 2.03. The van der Waals surface area contributed by atoms with Crippen molar-refractivity contribution in [3.8, 4) is 0 Å². The lowest BCUT2D eigenvalue weighted by atomic mass is 10.1. The molecule has 2 heterocycles. The number of hydrogen-bond donors (Lipinski definition) is 1. The second-order valence-electron chi connectivity index (χ2n) is 4.59. The Morgan fingerprint density at radius 2 is 2.00 bits per heavy atom. The van der Waals surface area contributed by atoms with Crippen molar-refractivity contribution >= 4 is 16.8 Å². The van der Waals surface area contributed by atoms with E-state index in [-0.39, 0.29) is 5.88 Å². The third-order valence-corrected chi connectivity index (χ3v) is 3.16. The van der Waals surface area contributed by atoms with Gasteiger partial charge in [-0.3, -0.25) is 15.1 Å². The van der Waals surface area contributed by atoms with E-state index in [9.17, 15) is 10.1 Å². The third-order valence-electron chi connectivity index (χ3n) is 3.16. The first-order chi connectivity index (χ1) is 10.2. The minimum Gasteiger partial charge on any atom is -0.404 e. The number of aromatic nitrogens is 1. The van der Waals surface area contributed by atoms with Gasteiger partial charge in [0.25, 0.3) is 0 Å². The van der Waals surface area contributed by atoms with Crippen LogP contribution in [0.25, 0.3) is 10.9 Å². The summed E-state index contributed by atoms with van der Waals surface area (Å²) >= 11 is 0. The zero-order valence-corrected chi connectivity index (χ0v) is 11.2. The summed E-state index contributed by atoms with van der Waals surface area (Å²) in [7, 11) is 0. The van der Waals surface area contributed by atoms with Crippen LogP contribution in [0.3, 0.4) is 0 Å². The summed E-state index contributed by atoms with van der Waals surface area (Å²) in [4.78, 5) is 14.4. The molecule has 1 aromatic carbocycles. The van der Waals surface area contributed by atoms with Crippen LogP contribution in [0.15, 0.2) is 53.1 Å². The Labute approximate surface area is 120 Å². The minimum absolute atomic E-state index is 0.237. The second-order valence-corrected chi connectivity index (χ2v) is 4.59. The standard InChI is InChI=1S/C15H13N3O3/c19-18(20)14-7-6-13(21-14)10-16-9-12-4-1-3-11-5-2-8-17-15(11)12/h1-8,16H,9-10H2. The van der Waals surface area contributed by atoms with Gasteiger partial charge in [0.05, 0.1) is 18.1 Å². The second kappa shape index (κ2) is 5.72. The summed E-state index contributed by atoms with van der Waals surface area (Å²) in [5.74, 6) is 0.300. The van der Waals surface area contributed by atoms with Gasteiger partial charge in [-0.1, -0.05) is 24.3 Å². The highest BCUT2D eigenvalue weighted by molar-refractivity contribution is 5.81. The quantitative estimate of drug-likeness (QED) is 0.575. The first-order valence-electron chi connectivity index (χ1n) is 6.50. The molecule has 106 valence electrons. The number of hydrogen-bond acceptors (Lipinski definition) is 5. The Bertz CT molecular complexity index is 777. The van der Waals surface area contributed by atoms with Crippen molar-refractivity contribution in [2.75, 3.05) is 0 Å². The molecule has 21 heavy (non-hydrogen) atoms. The van der Waals surface area contributed by atoms with E-state index in [1.807, 2.05) is 30.3 Å². The normalized spacial score (nSPS) is 10.9. The number of para-hydroxylation sites is 1. The molecular formula is C15H13N3O3. The predicted octanol–water partition coefficient (Wildman–Crippen LogP) is 3.03. The van der Waals surface area contributed by atoms with Crippen molar-refractivity contribution < 1.29 is 9.34 Å². The molecule has 0 aliphatic carbocycles. The van der Waals surface area contributed by atoms with Crippen LogP contribution in [0.1, 0.15) is 11.3 Å². The molecule has 3 rings (SSSR count). The summed E-state index contributed by atoms with van der Waals surface area (Å²) in [5, 5.41) is 14.8. The summed E-state index contributed by atoms with van der Waals surface area (Å²) in [6.45, 7) is 1.04. The largest absolute Gasteiger partial charge is 0.433 e. The Kier molecular flexibility index (Phi) is 3.61. The molecule has 3 aromatic rings. The van der Waals surface area contributed by atoms with Gasteiger partial charge >= 0.3 is 5.88 Å². The maximum atomic E-state index is 10.5. The van der Waals surface area contributed by atoms with E-state index in [1.165, 1.54) is 6.07 Å². The SMILES string of the molecule is O=[N+]([O-])c1ccc(CNCc2cccc3cccnc23)o1. The number of pyridine rings is 1. The molecule has 0 radical (unpaired) electrons. The van der Waals surface area contributed by atoms with Crippen molar-refractivity contribution in [2.24, 2.45) is 0 Å². The van der Waals surface area contributed by atoms with Crippen LogP contribution in [0, 0.1) is 10.1 Å². The van der Waals surface area contributed by atoms with Crippen LogP contribution in [-0.2, 0) is 13.1 Å². The molecular weight excluding hydrogens is 270 g/mol. The van der Waals surface area contributed by atoms with Gasteiger partial charge in [-0.25, -0.2) is 0 Å². The molecule has 0 aliphatic heterocycles. The zero-order valence-electron chi connectivity index (χ0n) is 11.2. The van der Waals surface area contributed by atoms with E-state index in [0.717, 1.165) is 16.5 Å². The van der Waals surface area contributed by atoms with Gasteiger partial charge < -0.3 is 9.73 Å². The highest BCUT2D eigenvalue weighted by Crippen LogP contribution is 2.17. The van der Waals surface area contributed by atoms with E-state index < -0.39 is 4.92 Å². The van der Waals surface area contributed by atoms with Crippen molar-refractivity contribution in [3.63, 3.8) is 0 Å². The maximum absolute atomic E-state index is 10.5. The van der Waals surface area contributed by atoms with Gasteiger partial charge in [0.1, 0.15) is 10.7 Å². The number of nitro groups is 1. The molecule has 0 spiro atoms. The Morgan fingerprint density at radius 1 is 1.14 bits per heavy atom. The van der Waals surface area contributed by atoms with Gasteiger partial charge in [-0.15, -0.1) is 0 Å². The lowest BCUT2D eigenvalue weighted by Crippen LogP contribution is -2.12. The number of nitrogens with one attached hydrogen (secondary N) is 1. The molecule has 6 nitrogen and oxygen atoms in total. The molecule has 0 bridgehead atoms. The van der Waals surface area contributed by atoms with Gasteiger partial charge in [0.15, 0.2) is 0 Å². The first-order valence-corrected chi connectivity index (χ1v) is 6.50. The molecule has 0 atom stereocenters. The highest BCUT2D eigenvalue weighted by atomic mass is 16.6. The van der Waals surface area contributed by atoms with Gasteiger partial charge in [-0.05, 0) is 17.7 Å². The number of fused-ring (bicyclic) bond motifs is 1. The van der Waals surface area contributed by atoms with Crippen molar-refractivity contribution in [2.45, 2.75) is 13.1 Å². The number of furan rings is 1. The smallest absolute Gasteiger partial charge is 0.404 e.